The van der Waals surface area contributed by atoms with Gasteiger partial charge in [0.25, 0.3) is 0 Å². The molecule has 144 valence electrons. The molecule has 0 amide bonds. The zero-order valence-electron chi connectivity index (χ0n) is 15.9. The van der Waals surface area contributed by atoms with Crippen molar-refractivity contribution in [3.8, 4) is 5.75 Å². The normalized spacial score (nSPS) is 11.3. The van der Waals surface area contributed by atoms with Crippen molar-refractivity contribution in [2.75, 3.05) is 0 Å². The van der Waals surface area contributed by atoms with E-state index in [1.807, 2.05) is 73.8 Å². The van der Waals surface area contributed by atoms with Gasteiger partial charge in [-0.15, -0.1) is 0 Å². The van der Waals surface area contributed by atoms with Crippen LogP contribution in [-0.2, 0) is 6.61 Å². The Morgan fingerprint density at radius 1 is 0.966 bits per heavy atom. The summed E-state index contributed by atoms with van der Waals surface area (Å²) in [5.41, 5.74) is 3.91. The minimum Gasteiger partial charge on any atom is -0.488 e. The number of benzene rings is 4. The van der Waals surface area contributed by atoms with E-state index in [0.717, 1.165) is 43.4 Å². The summed E-state index contributed by atoms with van der Waals surface area (Å²) in [6, 6.07) is 26.3. The molecule has 0 aliphatic rings. The highest BCUT2D eigenvalue weighted by molar-refractivity contribution is 9.10. The van der Waals surface area contributed by atoms with Gasteiger partial charge >= 0.3 is 0 Å². The molecule has 0 aliphatic carbocycles. The monoisotopic (exact) mass is 463 g/mol. The molecule has 0 aromatic heterocycles. The molecule has 4 aromatic rings. The molecule has 0 unspecified atom stereocenters. The molecule has 2 nitrogen and oxygen atoms in total. The van der Waals surface area contributed by atoms with Gasteiger partial charge in [-0.2, -0.15) is 0 Å². The van der Waals surface area contributed by atoms with Gasteiger partial charge in [0, 0.05) is 21.3 Å². The van der Waals surface area contributed by atoms with Crippen LogP contribution in [0.5, 0.6) is 5.75 Å². The highest BCUT2D eigenvalue weighted by Crippen LogP contribution is 2.29. The van der Waals surface area contributed by atoms with Crippen LogP contribution in [0.2, 0.25) is 5.02 Å². The van der Waals surface area contributed by atoms with E-state index in [2.05, 4.69) is 39.1 Å². The highest BCUT2D eigenvalue weighted by Gasteiger charge is 2.08. The van der Waals surface area contributed by atoms with Crippen molar-refractivity contribution in [1.29, 1.82) is 0 Å². The van der Waals surface area contributed by atoms with Crippen molar-refractivity contribution in [2.45, 2.75) is 13.5 Å². The standard InChI is InChI=1S/C25H19BrClNO/c1-17-6-12-21(14-24(17)27)28-15-23-22-5-3-2-4-19(22)9-13-25(23)29-16-18-7-10-20(26)11-8-18/h2-15H,16H2,1H3. The number of ether oxygens (including phenoxy) is 1. The van der Waals surface area contributed by atoms with Crippen molar-refractivity contribution in [3.05, 3.63) is 105 Å². The van der Waals surface area contributed by atoms with Crippen LogP contribution in [0.3, 0.4) is 0 Å². The summed E-state index contributed by atoms with van der Waals surface area (Å²) in [7, 11) is 0. The molecule has 0 aliphatic heterocycles. The van der Waals surface area contributed by atoms with E-state index in [4.69, 9.17) is 16.3 Å². The second-order valence-electron chi connectivity index (χ2n) is 6.81. The molecule has 0 spiro atoms. The minimum absolute atomic E-state index is 0.489. The average molecular weight is 465 g/mol. The molecule has 0 atom stereocenters. The van der Waals surface area contributed by atoms with Gasteiger partial charge < -0.3 is 4.74 Å². The van der Waals surface area contributed by atoms with Gasteiger partial charge in [0.1, 0.15) is 12.4 Å². The summed E-state index contributed by atoms with van der Waals surface area (Å²) in [4.78, 5) is 4.66. The lowest BCUT2D eigenvalue weighted by molar-refractivity contribution is 0.306. The lowest BCUT2D eigenvalue weighted by atomic mass is 10.0. The second-order valence-corrected chi connectivity index (χ2v) is 8.13. The quantitative estimate of drug-likeness (QED) is 0.275. The van der Waals surface area contributed by atoms with Gasteiger partial charge in [-0.05, 0) is 59.2 Å². The zero-order valence-corrected chi connectivity index (χ0v) is 18.2. The molecule has 4 heteroatoms. The van der Waals surface area contributed by atoms with Crippen molar-refractivity contribution in [2.24, 2.45) is 4.99 Å². The van der Waals surface area contributed by atoms with Crippen molar-refractivity contribution in [3.63, 3.8) is 0 Å². The predicted molar refractivity (Wildman–Crippen MR) is 126 cm³/mol. The van der Waals surface area contributed by atoms with Crippen LogP contribution >= 0.6 is 27.5 Å². The number of hydrogen-bond donors (Lipinski definition) is 0. The Bertz CT molecular complexity index is 1190. The van der Waals surface area contributed by atoms with E-state index < -0.39 is 0 Å². The summed E-state index contributed by atoms with van der Waals surface area (Å²) in [6.45, 7) is 2.47. The summed E-state index contributed by atoms with van der Waals surface area (Å²) in [6.07, 6.45) is 1.86. The first kappa shape index (κ1) is 19.7. The largest absolute Gasteiger partial charge is 0.488 e. The first-order valence-electron chi connectivity index (χ1n) is 9.29. The maximum atomic E-state index is 6.25. The van der Waals surface area contributed by atoms with Crippen LogP contribution in [0.15, 0.2) is 88.3 Å². The number of aliphatic imine (C=N–C) groups is 1. The second kappa shape index (κ2) is 8.81. The van der Waals surface area contributed by atoms with E-state index in [-0.39, 0.29) is 0 Å². The highest BCUT2D eigenvalue weighted by atomic mass is 79.9. The molecule has 0 heterocycles. The third-order valence-corrected chi connectivity index (χ3v) is 5.67. The average Bonchev–Trinajstić information content (AvgIpc) is 2.74. The van der Waals surface area contributed by atoms with Crippen LogP contribution in [0.4, 0.5) is 5.69 Å². The minimum atomic E-state index is 0.489. The molecule has 4 aromatic carbocycles. The summed E-state index contributed by atoms with van der Waals surface area (Å²) in [5, 5.41) is 2.96. The first-order chi connectivity index (χ1) is 14.1. The predicted octanol–water partition coefficient (Wildman–Crippen LogP) is 7.89. The number of hydrogen-bond acceptors (Lipinski definition) is 2. The van der Waals surface area contributed by atoms with E-state index >= 15 is 0 Å². The van der Waals surface area contributed by atoms with E-state index in [1.54, 1.807) is 0 Å². The van der Waals surface area contributed by atoms with Crippen LogP contribution in [0.1, 0.15) is 16.7 Å². The number of fused-ring (bicyclic) bond motifs is 1. The lowest BCUT2D eigenvalue weighted by Crippen LogP contribution is -1.99. The Balaban J connectivity index is 1.69. The molecule has 0 radical (unpaired) electrons. The van der Waals surface area contributed by atoms with Gasteiger partial charge in [-0.1, -0.05) is 76.1 Å². The Morgan fingerprint density at radius 2 is 1.76 bits per heavy atom. The summed E-state index contributed by atoms with van der Waals surface area (Å²) in [5.74, 6) is 0.800. The maximum Gasteiger partial charge on any atom is 0.129 e. The molecule has 0 saturated carbocycles. The fourth-order valence-corrected chi connectivity index (χ4v) is 3.52. The first-order valence-corrected chi connectivity index (χ1v) is 10.5. The van der Waals surface area contributed by atoms with Crippen LogP contribution in [0.25, 0.3) is 10.8 Å². The number of rotatable bonds is 5. The van der Waals surface area contributed by atoms with Crippen molar-refractivity contribution in [1.82, 2.24) is 0 Å². The van der Waals surface area contributed by atoms with Crippen LogP contribution in [-0.4, -0.2) is 6.21 Å². The van der Waals surface area contributed by atoms with E-state index in [9.17, 15) is 0 Å². The van der Waals surface area contributed by atoms with Gasteiger partial charge in [0.15, 0.2) is 0 Å². The van der Waals surface area contributed by atoms with Crippen molar-refractivity contribution >= 4 is 50.2 Å². The van der Waals surface area contributed by atoms with Gasteiger partial charge in [0.05, 0.1) is 5.69 Å². The fraction of sp³-hybridized carbons (Fsp3) is 0.0800. The molecular weight excluding hydrogens is 446 g/mol. The van der Waals surface area contributed by atoms with E-state index in [1.165, 1.54) is 0 Å². The fourth-order valence-electron chi connectivity index (χ4n) is 3.08. The lowest BCUT2D eigenvalue weighted by Gasteiger charge is -2.12. The molecule has 0 N–H and O–H groups in total. The maximum absolute atomic E-state index is 6.25. The Hall–Kier alpha value is -2.62. The third kappa shape index (κ3) is 4.69. The number of aryl methyl sites for hydroxylation is 1. The van der Waals surface area contributed by atoms with Crippen LogP contribution < -0.4 is 4.74 Å². The zero-order chi connectivity index (χ0) is 20.2. The molecule has 4 rings (SSSR count). The molecule has 0 bridgehead atoms. The van der Waals surface area contributed by atoms with Gasteiger partial charge in [-0.3, -0.25) is 4.99 Å². The van der Waals surface area contributed by atoms with Crippen LogP contribution in [0, 0.1) is 6.92 Å². The Kier molecular flexibility index (Phi) is 5.98. The number of halogens is 2. The SMILES string of the molecule is Cc1ccc(N=Cc2c(OCc3ccc(Br)cc3)ccc3ccccc23)cc1Cl. The summed E-state index contributed by atoms with van der Waals surface area (Å²) >= 11 is 9.71. The molecule has 0 fully saturated rings. The topological polar surface area (TPSA) is 21.6 Å². The van der Waals surface area contributed by atoms with E-state index in [0.29, 0.717) is 11.6 Å². The van der Waals surface area contributed by atoms with Gasteiger partial charge in [0.2, 0.25) is 0 Å². The smallest absolute Gasteiger partial charge is 0.129 e. The Labute approximate surface area is 184 Å². The molecular formula is C25H19BrClNO. The Morgan fingerprint density at radius 3 is 2.55 bits per heavy atom. The summed E-state index contributed by atoms with van der Waals surface area (Å²) < 4.78 is 7.22. The third-order valence-electron chi connectivity index (χ3n) is 4.74. The van der Waals surface area contributed by atoms with Crippen molar-refractivity contribution < 1.29 is 4.74 Å². The molecule has 0 saturated heterocycles. The molecule has 29 heavy (non-hydrogen) atoms. The number of nitrogens with zero attached hydrogens (tertiary/aromatic N) is 1. The van der Waals surface area contributed by atoms with Gasteiger partial charge in [-0.25, -0.2) is 0 Å².